The van der Waals surface area contributed by atoms with E-state index in [1.54, 1.807) is 13.8 Å². The average molecular weight is 356 g/mol. The van der Waals surface area contributed by atoms with Gasteiger partial charge in [-0.15, -0.1) is 0 Å². The van der Waals surface area contributed by atoms with Gasteiger partial charge in [-0.1, -0.05) is 18.2 Å². The zero-order valence-corrected chi connectivity index (χ0v) is 14.1. The zero-order valence-electron chi connectivity index (χ0n) is 14.1. The Bertz CT molecular complexity index is 713. The van der Waals surface area contributed by atoms with Gasteiger partial charge < -0.3 is 10.1 Å². The Morgan fingerprint density at radius 1 is 1.28 bits per heavy atom. The summed E-state index contributed by atoms with van der Waals surface area (Å²) in [6.45, 7) is 5.18. The van der Waals surface area contributed by atoms with Crippen LogP contribution >= 0.6 is 0 Å². The number of esters is 1. The SMILES string of the molecule is CCOC(=O)C1=C(C)N(CC)C(=O)N[C@H]1c1ccccc1C(F)(F)F. The van der Waals surface area contributed by atoms with Crippen LogP contribution < -0.4 is 5.32 Å². The van der Waals surface area contributed by atoms with Crippen molar-refractivity contribution in [2.75, 3.05) is 13.2 Å². The molecule has 1 aliphatic rings. The van der Waals surface area contributed by atoms with E-state index in [1.165, 1.54) is 30.0 Å². The lowest BCUT2D eigenvalue weighted by Gasteiger charge is -2.35. The second kappa shape index (κ2) is 7.16. The lowest BCUT2D eigenvalue weighted by atomic mass is 9.91. The van der Waals surface area contributed by atoms with Crippen molar-refractivity contribution in [2.45, 2.75) is 33.0 Å². The van der Waals surface area contributed by atoms with Gasteiger partial charge >= 0.3 is 18.2 Å². The maximum Gasteiger partial charge on any atom is 0.416 e. The number of rotatable bonds is 4. The molecule has 0 aromatic heterocycles. The second-order valence-corrected chi connectivity index (χ2v) is 5.43. The van der Waals surface area contributed by atoms with Crippen LogP contribution in [0.15, 0.2) is 35.5 Å². The molecule has 1 atom stereocenters. The molecule has 0 saturated carbocycles. The molecule has 1 aromatic carbocycles. The molecule has 25 heavy (non-hydrogen) atoms. The largest absolute Gasteiger partial charge is 0.463 e. The molecule has 1 N–H and O–H groups in total. The molecular formula is C17H19F3N2O3. The Morgan fingerprint density at radius 2 is 1.92 bits per heavy atom. The highest BCUT2D eigenvalue weighted by Gasteiger charge is 2.41. The minimum Gasteiger partial charge on any atom is -0.463 e. The zero-order chi connectivity index (χ0) is 18.8. The van der Waals surface area contributed by atoms with E-state index in [0.717, 1.165) is 6.07 Å². The highest BCUT2D eigenvalue weighted by molar-refractivity contribution is 5.95. The predicted octanol–water partition coefficient (Wildman–Crippen LogP) is 3.63. The molecule has 0 radical (unpaired) electrons. The quantitative estimate of drug-likeness (QED) is 0.838. The molecule has 8 heteroatoms. The van der Waals surface area contributed by atoms with Crippen molar-refractivity contribution < 1.29 is 27.5 Å². The normalized spacial score (nSPS) is 18.2. The average Bonchev–Trinajstić information content (AvgIpc) is 2.54. The standard InChI is InChI=1S/C17H19F3N2O3/c1-4-22-10(3)13(15(23)25-5-2)14(21-16(22)24)11-8-6-7-9-12(11)17(18,19)20/h6-9,14H,4-5H2,1-3H3,(H,21,24)/t14-/m0/s1. The first kappa shape index (κ1) is 18.8. The summed E-state index contributed by atoms with van der Waals surface area (Å²) in [4.78, 5) is 25.9. The fourth-order valence-corrected chi connectivity index (χ4v) is 2.88. The van der Waals surface area contributed by atoms with Crippen molar-refractivity contribution in [3.05, 3.63) is 46.7 Å². The molecule has 0 saturated heterocycles. The van der Waals surface area contributed by atoms with Crippen LogP contribution in [0.4, 0.5) is 18.0 Å². The van der Waals surface area contributed by atoms with E-state index < -0.39 is 29.8 Å². The molecule has 0 fully saturated rings. The van der Waals surface area contributed by atoms with E-state index in [1.807, 2.05) is 0 Å². The van der Waals surface area contributed by atoms with Gasteiger partial charge in [0.25, 0.3) is 0 Å². The highest BCUT2D eigenvalue weighted by atomic mass is 19.4. The number of nitrogens with one attached hydrogen (secondary N) is 1. The summed E-state index contributed by atoms with van der Waals surface area (Å²) in [7, 11) is 0. The van der Waals surface area contributed by atoms with Crippen LogP contribution in [-0.4, -0.2) is 30.1 Å². The maximum absolute atomic E-state index is 13.4. The van der Waals surface area contributed by atoms with Crippen LogP contribution in [0.2, 0.25) is 0 Å². The smallest absolute Gasteiger partial charge is 0.416 e. The Morgan fingerprint density at radius 3 is 2.48 bits per heavy atom. The number of amides is 2. The number of carbonyl (C=O) groups is 2. The monoisotopic (exact) mass is 356 g/mol. The minimum absolute atomic E-state index is 0.000000000000000222. The Hall–Kier alpha value is -2.51. The first-order valence-electron chi connectivity index (χ1n) is 7.84. The Kier molecular flexibility index (Phi) is 5.39. The number of carbonyl (C=O) groups excluding carboxylic acids is 2. The van der Waals surface area contributed by atoms with Gasteiger partial charge in [-0.05, 0) is 32.4 Å². The van der Waals surface area contributed by atoms with E-state index >= 15 is 0 Å². The molecule has 0 aliphatic carbocycles. The number of ether oxygens (including phenoxy) is 1. The topological polar surface area (TPSA) is 58.6 Å². The molecule has 1 aliphatic heterocycles. The van der Waals surface area contributed by atoms with Crippen LogP contribution in [0.3, 0.4) is 0 Å². The van der Waals surface area contributed by atoms with Crippen molar-refractivity contribution in [3.63, 3.8) is 0 Å². The van der Waals surface area contributed by atoms with E-state index in [4.69, 9.17) is 4.74 Å². The number of alkyl halides is 3. The summed E-state index contributed by atoms with van der Waals surface area (Å²) in [6, 6.07) is 3.08. The summed E-state index contributed by atoms with van der Waals surface area (Å²) in [5.74, 6) is -0.750. The van der Waals surface area contributed by atoms with E-state index in [2.05, 4.69) is 5.32 Å². The maximum atomic E-state index is 13.4. The molecule has 5 nitrogen and oxygen atoms in total. The van der Waals surface area contributed by atoms with Gasteiger partial charge in [0, 0.05) is 12.2 Å². The summed E-state index contributed by atoms with van der Waals surface area (Å²) < 4.78 is 45.1. The number of benzene rings is 1. The van der Waals surface area contributed by atoms with Gasteiger partial charge in [0.05, 0.1) is 23.8 Å². The third-order valence-electron chi connectivity index (χ3n) is 3.99. The second-order valence-electron chi connectivity index (χ2n) is 5.43. The minimum atomic E-state index is -4.61. The molecule has 0 bridgehead atoms. The molecule has 2 rings (SSSR count). The fourth-order valence-electron chi connectivity index (χ4n) is 2.88. The summed E-state index contributed by atoms with van der Waals surface area (Å²) in [6.07, 6.45) is -4.61. The predicted molar refractivity (Wildman–Crippen MR) is 84.4 cm³/mol. The summed E-state index contributed by atoms with van der Waals surface area (Å²) in [5.41, 5.74) is -0.812. The summed E-state index contributed by atoms with van der Waals surface area (Å²) in [5, 5.41) is 2.49. The number of halogens is 3. The first-order chi connectivity index (χ1) is 11.7. The summed E-state index contributed by atoms with van der Waals surface area (Å²) >= 11 is 0. The van der Waals surface area contributed by atoms with E-state index in [9.17, 15) is 22.8 Å². The third-order valence-corrected chi connectivity index (χ3v) is 3.99. The van der Waals surface area contributed by atoms with Crippen molar-refractivity contribution in [2.24, 2.45) is 0 Å². The van der Waals surface area contributed by atoms with Gasteiger partial charge in [0.15, 0.2) is 0 Å². The molecule has 2 amide bonds. The number of allylic oxidation sites excluding steroid dienone is 1. The molecule has 136 valence electrons. The van der Waals surface area contributed by atoms with E-state index in [0.29, 0.717) is 0 Å². The number of hydrogen-bond donors (Lipinski definition) is 1. The lowest BCUT2D eigenvalue weighted by molar-refractivity contribution is -0.141. The van der Waals surface area contributed by atoms with Crippen LogP contribution in [0.5, 0.6) is 0 Å². The van der Waals surface area contributed by atoms with Crippen LogP contribution in [0.1, 0.15) is 37.9 Å². The Labute approximate surface area is 143 Å². The van der Waals surface area contributed by atoms with Gasteiger partial charge in [0.1, 0.15) is 0 Å². The van der Waals surface area contributed by atoms with Crippen LogP contribution in [0, 0.1) is 0 Å². The molecule has 0 spiro atoms. The van der Waals surface area contributed by atoms with Crippen molar-refractivity contribution in [3.8, 4) is 0 Å². The molecular weight excluding hydrogens is 337 g/mol. The lowest BCUT2D eigenvalue weighted by Crippen LogP contribution is -2.48. The van der Waals surface area contributed by atoms with Crippen molar-refractivity contribution >= 4 is 12.0 Å². The van der Waals surface area contributed by atoms with Crippen molar-refractivity contribution in [1.82, 2.24) is 10.2 Å². The molecule has 0 unspecified atom stereocenters. The first-order valence-corrected chi connectivity index (χ1v) is 7.84. The number of nitrogens with zero attached hydrogens (tertiary/aromatic N) is 1. The van der Waals surface area contributed by atoms with Gasteiger partial charge in [0.2, 0.25) is 0 Å². The third kappa shape index (κ3) is 3.62. The highest BCUT2D eigenvalue weighted by Crippen LogP contribution is 2.39. The number of hydrogen-bond acceptors (Lipinski definition) is 3. The van der Waals surface area contributed by atoms with E-state index in [-0.39, 0.29) is 30.0 Å². The molecule has 1 heterocycles. The fraction of sp³-hybridized carbons (Fsp3) is 0.412. The molecule has 1 aromatic rings. The van der Waals surface area contributed by atoms with Crippen molar-refractivity contribution in [1.29, 1.82) is 0 Å². The van der Waals surface area contributed by atoms with Gasteiger partial charge in [-0.2, -0.15) is 13.2 Å². The Balaban J connectivity index is 2.65. The number of urea groups is 1. The van der Waals surface area contributed by atoms with Crippen LogP contribution in [-0.2, 0) is 15.7 Å². The van der Waals surface area contributed by atoms with Gasteiger partial charge in [-0.25, -0.2) is 9.59 Å². The van der Waals surface area contributed by atoms with Crippen LogP contribution in [0.25, 0.3) is 0 Å². The van der Waals surface area contributed by atoms with Gasteiger partial charge in [-0.3, -0.25) is 4.90 Å².